The first-order valence-electron chi connectivity index (χ1n) is 4.74. The molecule has 1 amide bonds. The maximum absolute atomic E-state index is 12.0. The number of carbonyl (C=O) groups excluding carboxylic acids is 1. The summed E-state index contributed by atoms with van der Waals surface area (Å²) >= 11 is 3.42. The van der Waals surface area contributed by atoms with Crippen LogP contribution < -0.4 is 0 Å². The van der Waals surface area contributed by atoms with Crippen molar-refractivity contribution in [2.24, 2.45) is 0 Å². The van der Waals surface area contributed by atoms with E-state index in [0.717, 1.165) is 35.1 Å². The highest BCUT2D eigenvalue weighted by Crippen LogP contribution is 2.23. The fourth-order valence-electron chi connectivity index (χ4n) is 1.58. The number of hydrogen-bond donors (Lipinski definition) is 0. The maximum atomic E-state index is 12.0. The molecule has 0 aliphatic carbocycles. The second kappa shape index (κ2) is 3.73. The highest BCUT2D eigenvalue weighted by atomic mass is 79.9. The number of hydrogen-bond acceptors (Lipinski definition) is 1. The molecule has 0 N–H and O–H groups in total. The van der Waals surface area contributed by atoms with Crippen molar-refractivity contribution < 1.29 is 4.79 Å². The van der Waals surface area contributed by atoms with Gasteiger partial charge in [-0.05, 0) is 40.9 Å². The quantitative estimate of drug-likeness (QED) is 0.754. The van der Waals surface area contributed by atoms with E-state index < -0.39 is 0 Å². The fraction of sp³-hybridized carbons (Fsp3) is 0.364. The van der Waals surface area contributed by atoms with Crippen LogP contribution in [0.15, 0.2) is 22.7 Å². The molecule has 2 rings (SSSR count). The van der Waals surface area contributed by atoms with Crippen molar-refractivity contribution in [3.8, 4) is 0 Å². The van der Waals surface area contributed by atoms with Crippen LogP contribution in [0.1, 0.15) is 22.3 Å². The van der Waals surface area contributed by atoms with Crippen LogP contribution in [0.5, 0.6) is 0 Å². The topological polar surface area (TPSA) is 20.3 Å². The van der Waals surface area contributed by atoms with Gasteiger partial charge in [-0.25, -0.2) is 0 Å². The number of benzene rings is 1. The van der Waals surface area contributed by atoms with E-state index in [-0.39, 0.29) is 5.91 Å². The number of rotatable bonds is 1. The van der Waals surface area contributed by atoms with E-state index >= 15 is 0 Å². The third-order valence-electron chi connectivity index (χ3n) is 2.58. The van der Waals surface area contributed by atoms with Gasteiger partial charge in [0.1, 0.15) is 0 Å². The monoisotopic (exact) mass is 253 g/mol. The number of halogens is 1. The Balaban J connectivity index is 2.34. The number of likely N-dealkylation sites (tertiary alicyclic amines) is 1. The lowest BCUT2D eigenvalue weighted by molar-refractivity contribution is 0.0650. The van der Waals surface area contributed by atoms with E-state index in [1.165, 1.54) is 0 Å². The SMILES string of the molecule is Cc1cccc(Br)c1C(=O)N1CCC1. The van der Waals surface area contributed by atoms with E-state index in [1.54, 1.807) is 0 Å². The summed E-state index contributed by atoms with van der Waals surface area (Å²) in [6, 6.07) is 5.84. The molecule has 1 aromatic rings. The summed E-state index contributed by atoms with van der Waals surface area (Å²) in [6.45, 7) is 3.77. The summed E-state index contributed by atoms with van der Waals surface area (Å²) in [4.78, 5) is 13.8. The Kier molecular flexibility index (Phi) is 2.59. The Bertz CT molecular complexity index is 351. The highest BCUT2D eigenvalue weighted by Gasteiger charge is 2.24. The molecule has 0 spiro atoms. The van der Waals surface area contributed by atoms with Gasteiger partial charge in [-0.15, -0.1) is 0 Å². The zero-order valence-corrected chi connectivity index (χ0v) is 9.67. The molecule has 74 valence electrons. The Morgan fingerprint density at radius 3 is 2.64 bits per heavy atom. The minimum atomic E-state index is 0.154. The van der Waals surface area contributed by atoms with Crippen LogP contribution >= 0.6 is 15.9 Å². The van der Waals surface area contributed by atoms with E-state index in [4.69, 9.17) is 0 Å². The third kappa shape index (κ3) is 1.57. The van der Waals surface area contributed by atoms with Gasteiger partial charge in [0.15, 0.2) is 0 Å². The first-order valence-corrected chi connectivity index (χ1v) is 5.54. The Hall–Kier alpha value is -0.830. The second-order valence-corrected chi connectivity index (χ2v) is 4.43. The molecule has 1 aliphatic heterocycles. The zero-order valence-electron chi connectivity index (χ0n) is 8.09. The average Bonchev–Trinajstić information content (AvgIpc) is 2.00. The molecule has 1 heterocycles. The van der Waals surface area contributed by atoms with Crippen LogP contribution in [-0.4, -0.2) is 23.9 Å². The van der Waals surface area contributed by atoms with Crippen LogP contribution in [0.4, 0.5) is 0 Å². The molecule has 0 atom stereocenters. The molecule has 0 bridgehead atoms. The normalized spacial score (nSPS) is 15.1. The fourth-order valence-corrected chi connectivity index (χ4v) is 2.22. The third-order valence-corrected chi connectivity index (χ3v) is 3.24. The smallest absolute Gasteiger partial charge is 0.255 e. The Labute approximate surface area is 92.0 Å². The van der Waals surface area contributed by atoms with Crippen molar-refractivity contribution >= 4 is 21.8 Å². The van der Waals surface area contributed by atoms with E-state index in [9.17, 15) is 4.79 Å². The molecule has 2 nitrogen and oxygen atoms in total. The molecular weight excluding hydrogens is 242 g/mol. The van der Waals surface area contributed by atoms with Crippen molar-refractivity contribution in [3.63, 3.8) is 0 Å². The first-order chi connectivity index (χ1) is 6.70. The number of aryl methyl sites for hydroxylation is 1. The summed E-state index contributed by atoms with van der Waals surface area (Å²) in [5, 5.41) is 0. The lowest BCUT2D eigenvalue weighted by Crippen LogP contribution is -2.42. The van der Waals surface area contributed by atoms with Crippen LogP contribution in [0, 0.1) is 6.92 Å². The molecule has 1 aliphatic rings. The van der Waals surface area contributed by atoms with Gasteiger partial charge >= 0.3 is 0 Å². The van der Waals surface area contributed by atoms with E-state index in [2.05, 4.69) is 15.9 Å². The molecular formula is C11H12BrNO. The van der Waals surface area contributed by atoms with Crippen LogP contribution in [0.2, 0.25) is 0 Å². The van der Waals surface area contributed by atoms with Crippen molar-refractivity contribution in [2.75, 3.05) is 13.1 Å². The van der Waals surface area contributed by atoms with Crippen molar-refractivity contribution in [3.05, 3.63) is 33.8 Å². The lowest BCUT2D eigenvalue weighted by Gasteiger charge is -2.31. The van der Waals surface area contributed by atoms with Gasteiger partial charge in [0, 0.05) is 17.6 Å². The van der Waals surface area contributed by atoms with Crippen LogP contribution in [0.25, 0.3) is 0 Å². The molecule has 1 saturated heterocycles. The van der Waals surface area contributed by atoms with E-state index in [0.29, 0.717) is 0 Å². The van der Waals surface area contributed by atoms with Gasteiger partial charge in [0.05, 0.1) is 5.56 Å². The summed E-state index contributed by atoms with van der Waals surface area (Å²) in [7, 11) is 0. The molecule has 1 fully saturated rings. The van der Waals surface area contributed by atoms with Gasteiger partial charge in [-0.3, -0.25) is 4.79 Å². The predicted octanol–water partition coefficient (Wildman–Crippen LogP) is 2.60. The Morgan fingerprint density at radius 1 is 1.43 bits per heavy atom. The second-order valence-electron chi connectivity index (χ2n) is 3.58. The van der Waals surface area contributed by atoms with Gasteiger partial charge in [0.2, 0.25) is 0 Å². The predicted molar refractivity (Wildman–Crippen MR) is 59.4 cm³/mol. The van der Waals surface area contributed by atoms with Gasteiger partial charge in [0.25, 0.3) is 5.91 Å². The molecule has 0 saturated carbocycles. The molecule has 14 heavy (non-hydrogen) atoms. The maximum Gasteiger partial charge on any atom is 0.255 e. The minimum absolute atomic E-state index is 0.154. The van der Waals surface area contributed by atoms with Crippen molar-refractivity contribution in [1.29, 1.82) is 0 Å². The minimum Gasteiger partial charge on any atom is -0.338 e. The highest BCUT2D eigenvalue weighted by molar-refractivity contribution is 9.10. The number of carbonyl (C=O) groups is 1. The molecule has 0 unspecified atom stereocenters. The standard InChI is InChI=1S/C11H12BrNO/c1-8-4-2-5-9(12)10(8)11(14)13-6-3-7-13/h2,4-5H,3,6-7H2,1H3. The van der Waals surface area contributed by atoms with Gasteiger partial charge in [-0.2, -0.15) is 0 Å². The summed E-state index contributed by atoms with van der Waals surface area (Å²) in [6.07, 6.45) is 1.13. The van der Waals surface area contributed by atoms with Gasteiger partial charge in [-0.1, -0.05) is 12.1 Å². The number of amides is 1. The molecule has 3 heteroatoms. The van der Waals surface area contributed by atoms with Crippen molar-refractivity contribution in [1.82, 2.24) is 4.90 Å². The van der Waals surface area contributed by atoms with Gasteiger partial charge < -0.3 is 4.90 Å². The summed E-state index contributed by atoms with van der Waals surface area (Å²) in [5.41, 5.74) is 1.85. The summed E-state index contributed by atoms with van der Waals surface area (Å²) < 4.78 is 0.898. The average molecular weight is 254 g/mol. The molecule has 0 radical (unpaired) electrons. The summed E-state index contributed by atoms with van der Waals surface area (Å²) in [5.74, 6) is 0.154. The number of nitrogens with zero attached hydrogens (tertiary/aromatic N) is 1. The first kappa shape index (κ1) is 9.71. The Morgan fingerprint density at radius 2 is 2.14 bits per heavy atom. The zero-order chi connectivity index (χ0) is 10.1. The lowest BCUT2D eigenvalue weighted by atomic mass is 10.1. The van der Waals surface area contributed by atoms with Crippen LogP contribution in [-0.2, 0) is 0 Å². The largest absolute Gasteiger partial charge is 0.338 e. The van der Waals surface area contributed by atoms with Crippen LogP contribution in [0.3, 0.4) is 0 Å². The molecule has 1 aromatic carbocycles. The van der Waals surface area contributed by atoms with Crippen molar-refractivity contribution in [2.45, 2.75) is 13.3 Å². The van der Waals surface area contributed by atoms with E-state index in [1.807, 2.05) is 30.0 Å². The molecule has 0 aromatic heterocycles.